The smallest absolute Gasteiger partial charge is 0.326 e. The molecular weight excluding hydrogens is 286 g/mol. The maximum Gasteiger partial charge on any atom is 0.330 e. The van der Waals surface area contributed by atoms with E-state index in [2.05, 4.69) is 35.0 Å². The summed E-state index contributed by atoms with van der Waals surface area (Å²) >= 11 is 0. The normalized spacial score (nSPS) is 12.3. The van der Waals surface area contributed by atoms with Crippen molar-refractivity contribution in [3.8, 4) is 11.1 Å². The molecule has 2 amide bonds. The summed E-state index contributed by atoms with van der Waals surface area (Å²) in [6.45, 7) is 0. The van der Waals surface area contributed by atoms with E-state index in [9.17, 15) is 4.79 Å². The van der Waals surface area contributed by atoms with Gasteiger partial charge in [-0.05, 0) is 22.3 Å². The Hall–Kier alpha value is -2.04. The summed E-state index contributed by atoms with van der Waals surface area (Å²) in [5, 5.41) is 4.66. The zero-order valence-electron chi connectivity index (χ0n) is 12.0. The second-order valence-corrected chi connectivity index (χ2v) is 5.09. The number of carbonyl (C=O) groups excluding carboxylic acids is 1. The van der Waals surface area contributed by atoms with Gasteiger partial charge in [-0.2, -0.15) is 0 Å². The third-order valence-corrected chi connectivity index (χ3v) is 3.43. The predicted octanol–water partition coefficient (Wildman–Crippen LogP) is 2.95. The van der Waals surface area contributed by atoms with Crippen LogP contribution in [0.2, 0.25) is 0 Å². The van der Waals surface area contributed by atoms with Crippen LogP contribution < -0.4 is 10.7 Å². The highest BCUT2D eigenvalue weighted by Crippen LogP contribution is 2.42. The van der Waals surface area contributed by atoms with Gasteiger partial charge in [0.2, 0.25) is 0 Å². The lowest BCUT2D eigenvalue weighted by atomic mass is 10.1. The van der Waals surface area contributed by atoms with Gasteiger partial charge in [-0.15, -0.1) is 12.4 Å². The Labute approximate surface area is 130 Å². The fourth-order valence-corrected chi connectivity index (χ4v) is 2.68. The van der Waals surface area contributed by atoms with Crippen molar-refractivity contribution in [1.29, 1.82) is 0 Å². The van der Waals surface area contributed by atoms with E-state index in [1.165, 1.54) is 11.1 Å². The molecule has 0 radical (unpaired) electrons. The van der Waals surface area contributed by atoms with Gasteiger partial charge in [-0.25, -0.2) is 9.80 Å². The number of amides is 2. The molecule has 4 nitrogen and oxygen atoms in total. The number of hydrazine groups is 1. The van der Waals surface area contributed by atoms with Crippen LogP contribution in [0.25, 0.3) is 11.1 Å². The highest BCUT2D eigenvalue weighted by molar-refractivity contribution is 5.85. The first-order valence-corrected chi connectivity index (χ1v) is 6.59. The Kier molecular flexibility index (Phi) is 4.50. The Balaban J connectivity index is 0.00000161. The standard InChI is InChI=1S/C16H17N3O.ClH/c1-19(2)18-16(20)17-15-13-9-5-3-7-11(13)12-8-4-6-10-14(12)15;/h3-10,15H,1-2H3,(H2,17,18,20);1H. The average Bonchev–Trinajstić information content (AvgIpc) is 2.73. The Bertz CT molecular complexity index is 612. The van der Waals surface area contributed by atoms with E-state index in [0.29, 0.717) is 0 Å². The topological polar surface area (TPSA) is 44.4 Å². The number of nitrogens with zero attached hydrogens (tertiary/aromatic N) is 1. The van der Waals surface area contributed by atoms with Gasteiger partial charge in [0.1, 0.15) is 0 Å². The summed E-state index contributed by atoms with van der Waals surface area (Å²) in [6.07, 6.45) is 0. The van der Waals surface area contributed by atoms with Crippen LogP contribution in [0.3, 0.4) is 0 Å². The number of hydrogen-bond donors (Lipinski definition) is 2. The quantitative estimate of drug-likeness (QED) is 0.838. The molecule has 21 heavy (non-hydrogen) atoms. The van der Waals surface area contributed by atoms with Gasteiger partial charge < -0.3 is 5.32 Å². The summed E-state index contributed by atoms with van der Waals surface area (Å²) < 4.78 is 0. The molecule has 110 valence electrons. The Morgan fingerprint density at radius 2 is 1.43 bits per heavy atom. The summed E-state index contributed by atoms with van der Waals surface area (Å²) in [4.78, 5) is 12.0. The number of carbonyl (C=O) groups is 1. The van der Waals surface area contributed by atoms with Crippen molar-refractivity contribution >= 4 is 18.4 Å². The molecule has 2 aromatic carbocycles. The van der Waals surface area contributed by atoms with Gasteiger partial charge in [-0.1, -0.05) is 48.5 Å². The molecule has 1 aliphatic rings. The summed E-state index contributed by atoms with van der Waals surface area (Å²) in [6, 6.07) is 16.1. The van der Waals surface area contributed by atoms with Crippen LogP contribution in [0.4, 0.5) is 4.79 Å². The number of benzene rings is 2. The number of halogens is 1. The number of urea groups is 1. The fraction of sp³-hybridized carbons (Fsp3) is 0.188. The molecule has 0 saturated carbocycles. The van der Waals surface area contributed by atoms with Crippen molar-refractivity contribution in [2.75, 3.05) is 14.1 Å². The van der Waals surface area contributed by atoms with Crippen LogP contribution >= 0.6 is 12.4 Å². The molecule has 0 spiro atoms. The largest absolute Gasteiger partial charge is 0.330 e. The third kappa shape index (κ3) is 2.86. The van der Waals surface area contributed by atoms with E-state index in [0.717, 1.165) is 11.1 Å². The van der Waals surface area contributed by atoms with Crippen molar-refractivity contribution in [3.05, 3.63) is 59.7 Å². The van der Waals surface area contributed by atoms with Crippen molar-refractivity contribution < 1.29 is 4.79 Å². The summed E-state index contributed by atoms with van der Waals surface area (Å²) in [5.41, 5.74) is 7.38. The molecule has 5 heteroatoms. The fourth-order valence-electron chi connectivity index (χ4n) is 2.68. The van der Waals surface area contributed by atoms with E-state index in [1.54, 1.807) is 19.1 Å². The number of hydrogen-bond acceptors (Lipinski definition) is 2. The Morgan fingerprint density at radius 1 is 0.952 bits per heavy atom. The van der Waals surface area contributed by atoms with Gasteiger partial charge >= 0.3 is 6.03 Å². The van der Waals surface area contributed by atoms with Crippen molar-refractivity contribution in [2.24, 2.45) is 0 Å². The molecule has 0 atom stereocenters. The molecule has 0 bridgehead atoms. The van der Waals surface area contributed by atoms with Crippen molar-refractivity contribution in [1.82, 2.24) is 15.8 Å². The second kappa shape index (κ2) is 6.16. The molecule has 0 aromatic heterocycles. The van der Waals surface area contributed by atoms with Crippen LogP contribution in [-0.2, 0) is 0 Å². The van der Waals surface area contributed by atoms with E-state index in [1.807, 2.05) is 24.3 Å². The molecule has 3 rings (SSSR count). The van der Waals surface area contributed by atoms with Crippen molar-refractivity contribution in [3.63, 3.8) is 0 Å². The summed E-state index contributed by atoms with van der Waals surface area (Å²) in [5.74, 6) is 0. The monoisotopic (exact) mass is 303 g/mol. The van der Waals surface area contributed by atoms with Crippen LogP contribution in [0.5, 0.6) is 0 Å². The van der Waals surface area contributed by atoms with Crippen molar-refractivity contribution in [2.45, 2.75) is 6.04 Å². The van der Waals surface area contributed by atoms with Crippen LogP contribution in [0.15, 0.2) is 48.5 Å². The van der Waals surface area contributed by atoms with E-state index in [-0.39, 0.29) is 24.5 Å². The third-order valence-electron chi connectivity index (χ3n) is 3.43. The predicted molar refractivity (Wildman–Crippen MR) is 86.3 cm³/mol. The number of fused-ring (bicyclic) bond motifs is 3. The Morgan fingerprint density at radius 3 is 1.90 bits per heavy atom. The molecule has 0 saturated heterocycles. The van der Waals surface area contributed by atoms with Gasteiger partial charge in [0.15, 0.2) is 0 Å². The molecule has 0 unspecified atom stereocenters. The minimum absolute atomic E-state index is 0. The van der Waals surface area contributed by atoms with Crippen LogP contribution in [0.1, 0.15) is 17.2 Å². The van der Waals surface area contributed by atoms with Gasteiger partial charge in [0.05, 0.1) is 6.04 Å². The molecule has 0 fully saturated rings. The zero-order chi connectivity index (χ0) is 14.1. The highest BCUT2D eigenvalue weighted by atomic mass is 35.5. The highest BCUT2D eigenvalue weighted by Gasteiger charge is 2.29. The zero-order valence-corrected chi connectivity index (χ0v) is 12.8. The lowest BCUT2D eigenvalue weighted by Crippen LogP contribution is -2.44. The molecular formula is C16H18ClN3O. The van der Waals surface area contributed by atoms with E-state index < -0.39 is 0 Å². The summed E-state index contributed by atoms with van der Waals surface area (Å²) in [7, 11) is 3.58. The van der Waals surface area contributed by atoms with Gasteiger partial charge in [-0.3, -0.25) is 5.43 Å². The molecule has 0 aliphatic heterocycles. The molecule has 2 aromatic rings. The lowest BCUT2D eigenvalue weighted by molar-refractivity contribution is 0.210. The molecule has 0 heterocycles. The molecule has 1 aliphatic carbocycles. The number of rotatable bonds is 2. The van der Waals surface area contributed by atoms with Crippen LogP contribution in [0, 0.1) is 0 Å². The SMILES string of the molecule is CN(C)NC(=O)NC1c2ccccc2-c2ccccc21.Cl. The second-order valence-electron chi connectivity index (χ2n) is 5.09. The average molecular weight is 304 g/mol. The van der Waals surface area contributed by atoms with E-state index in [4.69, 9.17) is 0 Å². The minimum atomic E-state index is -0.202. The maximum atomic E-state index is 12.0. The first-order chi connectivity index (χ1) is 9.66. The number of nitrogens with one attached hydrogen (secondary N) is 2. The van der Waals surface area contributed by atoms with Gasteiger partial charge in [0.25, 0.3) is 0 Å². The molecule has 2 N–H and O–H groups in total. The minimum Gasteiger partial charge on any atom is -0.326 e. The van der Waals surface area contributed by atoms with E-state index >= 15 is 0 Å². The maximum absolute atomic E-state index is 12.0. The van der Waals surface area contributed by atoms with Crippen LogP contribution in [-0.4, -0.2) is 25.1 Å². The van der Waals surface area contributed by atoms with Gasteiger partial charge in [0, 0.05) is 14.1 Å². The first kappa shape index (κ1) is 15.4. The lowest BCUT2D eigenvalue weighted by Gasteiger charge is -2.18. The first-order valence-electron chi connectivity index (χ1n) is 6.59.